The Balaban J connectivity index is 1.96. The van der Waals surface area contributed by atoms with Crippen LogP contribution in [0.5, 0.6) is 5.75 Å². The van der Waals surface area contributed by atoms with Gasteiger partial charge in [0.15, 0.2) is 0 Å². The number of halogens is 1. The van der Waals surface area contributed by atoms with Crippen LogP contribution in [0.15, 0.2) is 48.5 Å². The third-order valence-corrected chi connectivity index (χ3v) is 4.07. The molecular formula is C19H21ClN2O3. The van der Waals surface area contributed by atoms with E-state index in [1.165, 1.54) is 0 Å². The zero-order valence-electron chi connectivity index (χ0n) is 14.4. The van der Waals surface area contributed by atoms with Gasteiger partial charge in [-0.2, -0.15) is 0 Å². The fraction of sp³-hybridized carbons (Fsp3) is 0.263. The molecule has 0 aromatic heterocycles. The van der Waals surface area contributed by atoms with Crippen LogP contribution in [0.2, 0.25) is 5.02 Å². The van der Waals surface area contributed by atoms with E-state index in [2.05, 4.69) is 10.6 Å². The van der Waals surface area contributed by atoms with Gasteiger partial charge in [-0.25, -0.2) is 0 Å². The van der Waals surface area contributed by atoms with Crippen molar-refractivity contribution in [1.29, 1.82) is 0 Å². The summed E-state index contributed by atoms with van der Waals surface area (Å²) in [5, 5.41) is 6.02. The fourth-order valence-corrected chi connectivity index (χ4v) is 2.29. The number of ether oxygens (including phenoxy) is 1. The lowest BCUT2D eigenvalue weighted by molar-refractivity contribution is -0.138. The van der Waals surface area contributed by atoms with Gasteiger partial charge in [-0.1, -0.05) is 29.8 Å². The molecule has 132 valence electrons. The van der Waals surface area contributed by atoms with Crippen LogP contribution < -0.4 is 15.4 Å². The van der Waals surface area contributed by atoms with E-state index >= 15 is 0 Å². The van der Waals surface area contributed by atoms with Gasteiger partial charge < -0.3 is 15.4 Å². The van der Waals surface area contributed by atoms with Gasteiger partial charge in [-0.3, -0.25) is 9.59 Å². The quantitative estimate of drug-likeness (QED) is 0.773. The minimum atomic E-state index is -1.23. The number of amides is 2. The first-order chi connectivity index (χ1) is 11.8. The normalized spacial score (nSPS) is 10.9. The summed E-state index contributed by atoms with van der Waals surface area (Å²) in [4.78, 5) is 24.9. The second kappa shape index (κ2) is 8.03. The van der Waals surface area contributed by atoms with Crippen LogP contribution in [0.3, 0.4) is 0 Å². The van der Waals surface area contributed by atoms with Gasteiger partial charge in [-0.05, 0) is 49.7 Å². The third kappa shape index (κ3) is 4.97. The largest absolute Gasteiger partial charge is 0.497 e. The molecule has 2 N–H and O–H groups in total. The summed E-state index contributed by atoms with van der Waals surface area (Å²) in [7, 11) is 1.60. The number of carbonyl (C=O) groups excluding carboxylic acids is 2. The summed E-state index contributed by atoms with van der Waals surface area (Å²) in [6, 6.07) is 14.1. The molecule has 2 rings (SSSR count). The van der Waals surface area contributed by atoms with E-state index in [1.54, 1.807) is 45.2 Å². The highest BCUT2D eigenvalue weighted by Crippen LogP contribution is 2.21. The van der Waals surface area contributed by atoms with Crippen molar-refractivity contribution in [2.75, 3.05) is 12.4 Å². The van der Waals surface area contributed by atoms with E-state index in [1.807, 2.05) is 24.3 Å². The lowest BCUT2D eigenvalue weighted by atomic mass is 9.90. The summed E-state index contributed by atoms with van der Waals surface area (Å²) >= 11 is 5.90. The molecule has 0 unspecified atom stereocenters. The van der Waals surface area contributed by atoms with E-state index in [-0.39, 0.29) is 5.91 Å². The number of anilines is 1. The van der Waals surface area contributed by atoms with Crippen molar-refractivity contribution in [3.05, 3.63) is 59.1 Å². The summed E-state index contributed by atoms with van der Waals surface area (Å²) in [6.45, 7) is 3.49. The van der Waals surface area contributed by atoms with E-state index in [0.29, 0.717) is 17.3 Å². The van der Waals surface area contributed by atoms with Crippen LogP contribution >= 0.6 is 11.6 Å². The molecule has 2 aromatic rings. The highest BCUT2D eigenvalue weighted by atomic mass is 35.5. The molecule has 0 aliphatic rings. The van der Waals surface area contributed by atoms with Crippen molar-refractivity contribution in [3.8, 4) is 5.75 Å². The zero-order valence-corrected chi connectivity index (χ0v) is 15.2. The van der Waals surface area contributed by atoms with Gasteiger partial charge >= 0.3 is 0 Å². The van der Waals surface area contributed by atoms with Crippen LogP contribution in [-0.4, -0.2) is 18.9 Å². The molecule has 6 heteroatoms. The van der Waals surface area contributed by atoms with E-state index in [9.17, 15) is 9.59 Å². The first-order valence-electron chi connectivity index (χ1n) is 7.81. The molecule has 0 radical (unpaired) electrons. The Morgan fingerprint density at radius 2 is 1.76 bits per heavy atom. The number of hydrogen-bond acceptors (Lipinski definition) is 3. The summed E-state index contributed by atoms with van der Waals surface area (Å²) in [6.07, 6.45) is 0. The molecule has 0 bridgehead atoms. The molecule has 25 heavy (non-hydrogen) atoms. The van der Waals surface area contributed by atoms with Crippen molar-refractivity contribution < 1.29 is 14.3 Å². The maximum atomic E-state index is 12.5. The SMILES string of the molecule is COc1ccc(CNC(=O)C(C)(C)C(=O)Nc2cccc(Cl)c2)cc1. The molecule has 2 amide bonds. The lowest BCUT2D eigenvalue weighted by Crippen LogP contribution is -2.44. The van der Waals surface area contributed by atoms with Crippen LogP contribution in [-0.2, 0) is 16.1 Å². The standard InChI is InChI=1S/C19H21ClN2O3/c1-19(2,18(24)22-15-6-4-5-14(20)11-15)17(23)21-12-13-7-9-16(25-3)10-8-13/h4-11H,12H2,1-3H3,(H,21,23)(H,22,24). The number of carbonyl (C=O) groups is 2. The predicted octanol–water partition coefficient (Wildman–Crippen LogP) is 3.63. The first-order valence-corrected chi connectivity index (χ1v) is 8.19. The Labute approximate surface area is 152 Å². The highest BCUT2D eigenvalue weighted by Gasteiger charge is 2.35. The van der Waals surface area contributed by atoms with Crippen molar-refractivity contribution in [1.82, 2.24) is 5.32 Å². The number of rotatable bonds is 6. The van der Waals surface area contributed by atoms with Crippen LogP contribution in [0.1, 0.15) is 19.4 Å². The average Bonchev–Trinajstić information content (AvgIpc) is 2.60. The van der Waals surface area contributed by atoms with Crippen molar-refractivity contribution >= 4 is 29.1 Å². The zero-order chi connectivity index (χ0) is 18.4. The molecule has 0 spiro atoms. The number of hydrogen-bond donors (Lipinski definition) is 2. The monoisotopic (exact) mass is 360 g/mol. The van der Waals surface area contributed by atoms with E-state index in [0.717, 1.165) is 11.3 Å². The minimum Gasteiger partial charge on any atom is -0.497 e. The molecule has 0 saturated heterocycles. The van der Waals surface area contributed by atoms with E-state index in [4.69, 9.17) is 16.3 Å². The Kier molecular flexibility index (Phi) is 6.04. The molecule has 5 nitrogen and oxygen atoms in total. The Hall–Kier alpha value is -2.53. The molecule has 0 saturated carbocycles. The van der Waals surface area contributed by atoms with Crippen molar-refractivity contribution in [3.63, 3.8) is 0 Å². The molecule has 0 aliphatic heterocycles. The lowest BCUT2D eigenvalue weighted by Gasteiger charge is -2.23. The van der Waals surface area contributed by atoms with Crippen molar-refractivity contribution in [2.45, 2.75) is 20.4 Å². The van der Waals surface area contributed by atoms with Gasteiger partial charge in [0.1, 0.15) is 11.2 Å². The third-order valence-electron chi connectivity index (χ3n) is 3.83. The molecule has 0 heterocycles. The molecule has 2 aromatic carbocycles. The van der Waals surface area contributed by atoms with Crippen LogP contribution in [0.25, 0.3) is 0 Å². The highest BCUT2D eigenvalue weighted by molar-refractivity contribution is 6.31. The average molecular weight is 361 g/mol. The number of nitrogens with one attached hydrogen (secondary N) is 2. The van der Waals surface area contributed by atoms with Gasteiger partial charge in [0, 0.05) is 17.3 Å². The summed E-state index contributed by atoms with van der Waals surface area (Å²) in [5.41, 5.74) is 0.239. The minimum absolute atomic E-state index is 0.330. The first kappa shape index (κ1) is 18.8. The second-order valence-electron chi connectivity index (χ2n) is 6.12. The predicted molar refractivity (Wildman–Crippen MR) is 98.7 cm³/mol. The summed E-state index contributed by atoms with van der Waals surface area (Å²) < 4.78 is 5.10. The van der Waals surface area contributed by atoms with Gasteiger partial charge in [0.25, 0.3) is 0 Å². The molecule has 0 fully saturated rings. The van der Waals surface area contributed by atoms with Crippen LogP contribution in [0.4, 0.5) is 5.69 Å². The molecular weight excluding hydrogens is 340 g/mol. The Morgan fingerprint density at radius 1 is 1.08 bits per heavy atom. The van der Waals surface area contributed by atoms with E-state index < -0.39 is 11.3 Å². The van der Waals surface area contributed by atoms with Gasteiger partial charge in [0.2, 0.25) is 11.8 Å². The van der Waals surface area contributed by atoms with Gasteiger partial charge in [-0.15, -0.1) is 0 Å². The molecule has 0 aliphatic carbocycles. The summed E-state index contributed by atoms with van der Waals surface area (Å²) in [5.74, 6) is -0.0128. The Morgan fingerprint density at radius 3 is 2.36 bits per heavy atom. The maximum absolute atomic E-state index is 12.5. The topological polar surface area (TPSA) is 67.4 Å². The molecule has 0 atom stereocenters. The number of benzene rings is 2. The second-order valence-corrected chi connectivity index (χ2v) is 6.56. The van der Waals surface area contributed by atoms with Crippen molar-refractivity contribution in [2.24, 2.45) is 5.41 Å². The Bertz CT molecular complexity index is 758. The fourth-order valence-electron chi connectivity index (χ4n) is 2.10. The van der Waals surface area contributed by atoms with Crippen LogP contribution in [0, 0.1) is 5.41 Å². The maximum Gasteiger partial charge on any atom is 0.239 e. The van der Waals surface area contributed by atoms with Gasteiger partial charge in [0.05, 0.1) is 7.11 Å². The smallest absolute Gasteiger partial charge is 0.239 e. The number of methoxy groups -OCH3 is 1.